The van der Waals surface area contributed by atoms with Crippen LogP contribution in [-0.4, -0.2) is 54.6 Å². The van der Waals surface area contributed by atoms with Gasteiger partial charge in [0.15, 0.2) is 0 Å². The van der Waals surface area contributed by atoms with Crippen molar-refractivity contribution in [2.75, 3.05) is 26.9 Å². The lowest BCUT2D eigenvalue weighted by Crippen LogP contribution is -2.36. The summed E-state index contributed by atoms with van der Waals surface area (Å²) in [4.78, 5) is 41.2. The molecule has 0 fully saturated rings. The number of carbonyl (C=O) groups excluding carboxylic acids is 2. The number of hydrogen-bond acceptors (Lipinski definition) is 9. The van der Waals surface area contributed by atoms with Crippen LogP contribution < -0.4 is 4.74 Å². The first kappa shape index (κ1) is 28.5. The van der Waals surface area contributed by atoms with Crippen molar-refractivity contribution in [1.82, 2.24) is 0 Å². The summed E-state index contributed by atoms with van der Waals surface area (Å²) >= 11 is 0. The number of nitrogens with zero attached hydrogens (tertiary/aromatic N) is 2. The number of unbranched alkanes of at least 4 members (excludes halogenated alkanes) is 1. The van der Waals surface area contributed by atoms with Crippen molar-refractivity contribution in [3.63, 3.8) is 0 Å². The second kappa shape index (κ2) is 13.5. The molecule has 0 amide bonds. The first-order valence-electron chi connectivity index (χ1n) is 12.3. The number of aliphatic hydroxyl groups is 1. The summed E-state index contributed by atoms with van der Waals surface area (Å²) in [5.74, 6) is -2.28. The van der Waals surface area contributed by atoms with Crippen LogP contribution in [0, 0.1) is 16.0 Å². The van der Waals surface area contributed by atoms with E-state index >= 15 is 0 Å². The molecule has 10 heteroatoms. The normalized spacial score (nSPS) is 17.0. The first-order valence-corrected chi connectivity index (χ1v) is 12.3. The molecule has 38 heavy (non-hydrogen) atoms. The Balaban J connectivity index is 1.67. The van der Waals surface area contributed by atoms with E-state index < -0.39 is 28.7 Å². The van der Waals surface area contributed by atoms with E-state index in [-0.39, 0.29) is 24.5 Å². The van der Waals surface area contributed by atoms with Crippen molar-refractivity contribution in [1.29, 1.82) is 0 Å². The van der Waals surface area contributed by atoms with Crippen LogP contribution in [0.4, 0.5) is 5.69 Å². The van der Waals surface area contributed by atoms with Crippen LogP contribution in [-0.2, 0) is 25.5 Å². The molecule has 0 aliphatic carbocycles. The molecule has 1 aliphatic rings. The van der Waals surface area contributed by atoms with E-state index in [2.05, 4.69) is 4.99 Å². The predicted octanol–water partition coefficient (Wildman–Crippen LogP) is 4.15. The number of benzene rings is 2. The minimum Gasteiger partial charge on any atom is -0.494 e. The van der Waals surface area contributed by atoms with Crippen molar-refractivity contribution in [3.8, 4) is 5.75 Å². The average molecular weight is 525 g/mol. The summed E-state index contributed by atoms with van der Waals surface area (Å²) in [6.07, 6.45) is 1.78. The zero-order valence-corrected chi connectivity index (χ0v) is 21.7. The molecule has 2 aromatic rings. The molecule has 1 aliphatic heterocycles. The third-order valence-electron chi connectivity index (χ3n) is 6.31. The van der Waals surface area contributed by atoms with Gasteiger partial charge in [0.05, 0.1) is 30.8 Å². The topological polar surface area (TPSA) is 138 Å². The van der Waals surface area contributed by atoms with Gasteiger partial charge in [-0.15, -0.1) is 0 Å². The van der Waals surface area contributed by atoms with Gasteiger partial charge in [-0.1, -0.05) is 24.3 Å². The number of nitro groups is 1. The molecule has 0 bridgehead atoms. The molecule has 3 rings (SSSR count). The predicted molar refractivity (Wildman–Crippen MR) is 140 cm³/mol. The van der Waals surface area contributed by atoms with Gasteiger partial charge in [0.1, 0.15) is 11.7 Å². The molecule has 1 heterocycles. The summed E-state index contributed by atoms with van der Waals surface area (Å²) < 4.78 is 16.2. The fraction of sp³-hybridized carbons (Fsp3) is 0.393. The number of aliphatic hydroxyl groups excluding tert-OH is 1. The van der Waals surface area contributed by atoms with Crippen LogP contribution in [0.3, 0.4) is 0 Å². The van der Waals surface area contributed by atoms with Crippen molar-refractivity contribution < 1.29 is 33.8 Å². The third-order valence-corrected chi connectivity index (χ3v) is 6.31. The van der Waals surface area contributed by atoms with E-state index in [1.54, 1.807) is 19.9 Å². The smallest absolute Gasteiger partial charge is 0.336 e. The van der Waals surface area contributed by atoms with Crippen LogP contribution in [0.1, 0.15) is 43.7 Å². The summed E-state index contributed by atoms with van der Waals surface area (Å²) in [5, 5.41) is 20.4. The Hall–Kier alpha value is -4.05. The van der Waals surface area contributed by atoms with E-state index in [1.807, 2.05) is 24.3 Å². The molecular weight excluding hydrogens is 492 g/mol. The van der Waals surface area contributed by atoms with Gasteiger partial charge < -0.3 is 19.3 Å². The fourth-order valence-corrected chi connectivity index (χ4v) is 4.44. The monoisotopic (exact) mass is 524 g/mol. The highest BCUT2D eigenvalue weighted by Crippen LogP contribution is 2.40. The molecule has 0 radical (unpaired) electrons. The number of hydrogen-bond donors (Lipinski definition) is 1. The molecule has 1 N–H and O–H groups in total. The summed E-state index contributed by atoms with van der Waals surface area (Å²) in [7, 11) is 1.24. The highest BCUT2D eigenvalue weighted by atomic mass is 16.6. The van der Waals surface area contributed by atoms with E-state index in [1.165, 1.54) is 25.3 Å². The van der Waals surface area contributed by atoms with Crippen LogP contribution in [0.15, 0.2) is 64.8 Å². The highest BCUT2D eigenvalue weighted by Gasteiger charge is 2.42. The Morgan fingerprint density at radius 3 is 2.45 bits per heavy atom. The van der Waals surface area contributed by atoms with Crippen molar-refractivity contribution in [2.45, 2.75) is 39.0 Å². The number of methoxy groups -OCH3 is 1. The quantitative estimate of drug-likeness (QED) is 0.189. The molecule has 202 valence electrons. The van der Waals surface area contributed by atoms with Gasteiger partial charge in [-0.25, -0.2) is 4.79 Å². The van der Waals surface area contributed by atoms with Crippen molar-refractivity contribution >= 4 is 23.3 Å². The third kappa shape index (κ3) is 7.04. The van der Waals surface area contributed by atoms with Gasteiger partial charge in [-0.2, -0.15) is 0 Å². The maximum atomic E-state index is 13.2. The summed E-state index contributed by atoms with van der Waals surface area (Å²) in [5.41, 5.74) is 2.30. The molecule has 0 aromatic heterocycles. The van der Waals surface area contributed by atoms with Crippen molar-refractivity contribution in [3.05, 3.63) is 81.0 Å². The van der Waals surface area contributed by atoms with Gasteiger partial charge in [0.2, 0.25) is 0 Å². The number of non-ortho nitro benzene ring substituents is 1. The minimum absolute atomic E-state index is 0.0939. The van der Waals surface area contributed by atoms with Crippen LogP contribution in [0.2, 0.25) is 0 Å². The molecule has 0 saturated carbocycles. The van der Waals surface area contributed by atoms with Gasteiger partial charge in [0, 0.05) is 36.1 Å². The Bertz CT molecular complexity index is 1220. The van der Waals surface area contributed by atoms with E-state index in [9.17, 15) is 19.7 Å². The first-order chi connectivity index (χ1) is 18.3. The number of esters is 2. The van der Waals surface area contributed by atoms with E-state index in [4.69, 9.17) is 19.3 Å². The second-order valence-corrected chi connectivity index (χ2v) is 8.89. The van der Waals surface area contributed by atoms with Crippen molar-refractivity contribution in [2.24, 2.45) is 10.9 Å². The minimum atomic E-state index is -0.926. The van der Waals surface area contributed by atoms with Crippen LogP contribution in [0.5, 0.6) is 5.75 Å². The second-order valence-electron chi connectivity index (χ2n) is 8.89. The summed E-state index contributed by atoms with van der Waals surface area (Å²) in [6, 6.07) is 13.3. The maximum absolute atomic E-state index is 13.2. The molecule has 2 unspecified atom stereocenters. The van der Waals surface area contributed by atoms with Crippen LogP contribution in [0.25, 0.3) is 0 Å². The molecule has 0 saturated heterocycles. The number of allylic oxidation sites excluding steroid dienone is 1. The number of rotatable bonds is 12. The van der Waals surface area contributed by atoms with Crippen LogP contribution >= 0.6 is 0 Å². The zero-order valence-electron chi connectivity index (χ0n) is 21.7. The number of nitro benzene ring substituents is 1. The largest absolute Gasteiger partial charge is 0.494 e. The Labute approximate surface area is 221 Å². The molecular formula is C28H32N2O8. The van der Waals surface area contributed by atoms with Gasteiger partial charge in [-0.05, 0) is 56.4 Å². The van der Waals surface area contributed by atoms with Gasteiger partial charge in [-0.3, -0.25) is 19.9 Å². The Morgan fingerprint density at radius 2 is 1.79 bits per heavy atom. The number of ether oxygens (including phenoxy) is 3. The number of carbonyl (C=O) groups is 2. The van der Waals surface area contributed by atoms with Gasteiger partial charge in [0.25, 0.3) is 5.69 Å². The average Bonchev–Trinajstić information content (AvgIpc) is 2.90. The standard InChI is InChI=1S/C28H32N2O8/c1-18-24(27(32)36-3)26(21-7-6-8-22(17-21)30(34)35)25(19(2)29-18)28(33)38-16-5-4-15-37-23-11-9-20(10-12-23)13-14-31/h6-12,17,24,26,31H,4-5,13-16H2,1-3H3. The molecule has 10 nitrogen and oxygen atoms in total. The fourth-order valence-electron chi connectivity index (χ4n) is 4.44. The SMILES string of the molecule is COC(=O)C1C(C)=NC(C)=C(C(=O)OCCCCOc2ccc(CCO)cc2)C1c1cccc([N+](=O)[O-])c1. The maximum Gasteiger partial charge on any atom is 0.336 e. The number of aliphatic imine (C=N–C) groups is 1. The lowest BCUT2D eigenvalue weighted by atomic mass is 9.75. The van der Waals surface area contributed by atoms with E-state index in [0.29, 0.717) is 48.6 Å². The van der Waals surface area contributed by atoms with E-state index in [0.717, 1.165) is 5.56 Å². The highest BCUT2D eigenvalue weighted by molar-refractivity contribution is 6.07. The summed E-state index contributed by atoms with van der Waals surface area (Å²) in [6.45, 7) is 3.97. The lowest BCUT2D eigenvalue weighted by Gasteiger charge is -2.31. The molecule has 0 spiro atoms. The zero-order chi connectivity index (χ0) is 27.7. The molecule has 2 aromatic carbocycles. The Morgan fingerprint density at radius 1 is 1.08 bits per heavy atom. The van der Waals surface area contributed by atoms with Gasteiger partial charge >= 0.3 is 11.9 Å². The molecule has 2 atom stereocenters. The Kier molecular flexibility index (Phi) is 10.1. The lowest BCUT2D eigenvalue weighted by molar-refractivity contribution is -0.384.